The number of hydrogen-bond donors (Lipinski definition) is 1. The molecule has 3 aromatic rings. The Labute approximate surface area is 157 Å². The minimum absolute atomic E-state index is 0.0124. The van der Waals surface area contributed by atoms with Gasteiger partial charge in [-0.25, -0.2) is 18.2 Å². The summed E-state index contributed by atoms with van der Waals surface area (Å²) < 4.78 is 42.5. The number of amides is 1. The first-order valence-corrected chi connectivity index (χ1v) is 8.90. The third-order valence-corrected chi connectivity index (χ3v) is 4.85. The maximum Gasteiger partial charge on any atom is 0.230 e. The topological polar surface area (TPSA) is 46.4 Å². The molecule has 0 aliphatic rings. The predicted octanol–water partition coefficient (Wildman–Crippen LogP) is 4.23. The number of benzene rings is 2. The molecule has 1 aromatic heterocycles. The molecule has 1 heterocycles. The molecule has 0 aliphatic carbocycles. The lowest BCUT2D eigenvalue weighted by Gasteiger charge is -2.07. The van der Waals surface area contributed by atoms with E-state index in [9.17, 15) is 18.0 Å². The van der Waals surface area contributed by atoms with Gasteiger partial charge in [0.25, 0.3) is 0 Å². The summed E-state index contributed by atoms with van der Waals surface area (Å²) in [4.78, 5) is 16.7. The summed E-state index contributed by atoms with van der Waals surface area (Å²) >= 11 is 1.19. The molecule has 8 heteroatoms. The van der Waals surface area contributed by atoms with Crippen LogP contribution < -0.4 is 10.1 Å². The van der Waals surface area contributed by atoms with Crippen LogP contribution in [0.15, 0.2) is 46.8 Å². The van der Waals surface area contributed by atoms with Crippen LogP contribution in [0.4, 0.5) is 24.5 Å². The number of aryl methyl sites for hydroxylation is 1. The summed E-state index contributed by atoms with van der Waals surface area (Å²) in [6, 6.07) is 7.57. The van der Waals surface area contributed by atoms with Crippen molar-refractivity contribution in [3.05, 3.63) is 75.3 Å². The van der Waals surface area contributed by atoms with Gasteiger partial charge >= 0.3 is 0 Å². The van der Waals surface area contributed by atoms with Crippen molar-refractivity contribution in [3.8, 4) is 0 Å². The normalized spacial score (nSPS) is 11.7. The number of halogens is 3. The molecule has 1 amide bonds. The lowest BCUT2D eigenvalue weighted by atomic mass is 10.2. The summed E-state index contributed by atoms with van der Waals surface area (Å²) in [5.41, 5.74) is 1.35. The Morgan fingerprint density at radius 2 is 1.93 bits per heavy atom. The van der Waals surface area contributed by atoms with Gasteiger partial charge in [-0.1, -0.05) is 6.07 Å². The molecule has 0 unspecified atom stereocenters. The second kappa shape index (κ2) is 7.79. The van der Waals surface area contributed by atoms with E-state index in [1.807, 2.05) is 0 Å². The fourth-order valence-electron chi connectivity index (χ4n) is 2.42. The summed E-state index contributed by atoms with van der Waals surface area (Å²) in [6.07, 6.45) is -0.0124. The first-order chi connectivity index (χ1) is 12.8. The van der Waals surface area contributed by atoms with Crippen molar-refractivity contribution in [2.45, 2.75) is 13.3 Å². The fourth-order valence-corrected chi connectivity index (χ4v) is 3.33. The molecule has 140 valence electrons. The van der Waals surface area contributed by atoms with E-state index < -0.39 is 23.4 Å². The van der Waals surface area contributed by atoms with E-state index >= 15 is 0 Å². The van der Waals surface area contributed by atoms with Gasteiger partial charge in [-0.3, -0.25) is 4.79 Å². The van der Waals surface area contributed by atoms with Crippen LogP contribution in [0.25, 0.3) is 0 Å². The van der Waals surface area contributed by atoms with Gasteiger partial charge in [0.15, 0.2) is 4.80 Å². The Morgan fingerprint density at radius 1 is 1.15 bits per heavy atom. The van der Waals surface area contributed by atoms with Crippen molar-refractivity contribution in [1.29, 1.82) is 0 Å². The molecule has 27 heavy (non-hydrogen) atoms. The zero-order valence-electron chi connectivity index (χ0n) is 14.6. The van der Waals surface area contributed by atoms with Gasteiger partial charge in [0.2, 0.25) is 5.91 Å². The number of aromatic nitrogens is 1. The third kappa shape index (κ3) is 4.46. The Bertz CT molecular complexity index is 1070. The highest BCUT2D eigenvalue weighted by Gasteiger charge is 2.11. The maximum absolute atomic E-state index is 13.8. The molecule has 0 atom stereocenters. The highest BCUT2D eigenvalue weighted by molar-refractivity contribution is 7.07. The zero-order valence-corrected chi connectivity index (χ0v) is 15.4. The number of carbonyl (C=O) groups is 1. The van der Waals surface area contributed by atoms with Gasteiger partial charge in [-0.05, 0) is 36.8 Å². The van der Waals surface area contributed by atoms with E-state index in [4.69, 9.17) is 0 Å². The van der Waals surface area contributed by atoms with Crippen molar-refractivity contribution in [2.24, 2.45) is 12.0 Å². The van der Waals surface area contributed by atoms with Gasteiger partial charge in [0, 0.05) is 24.2 Å². The molecule has 2 aromatic carbocycles. The molecule has 0 radical (unpaired) electrons. The van der Waals surface area contributed by atoms with Crippen LogP contribution in [-0.4, -0.2) is 10.5 Å². The second-order valence-corrected chi connectivity index (χ2v) is 6.82. The fraction of sp³-hybridized carbons (Fsp3) is 0.158. The van der Waals surface area contributed by atoms with Gasteiger partial charge < -0.3 is 9.88 Å². The standard InChI is InChI=1S/C19H16F3N3OS/c1-11-3-6-16(15(22)7-11)23-18(26)9-13-10-27-19(25(13)2)24-17-8-12(20)4-5-14(17)21/h3-8,10H,9H2,1-2H3,(H,23,26). The SMILES string of the molecule is Cc1ccc(NC(=O)Cc2csc(=Nc3cc(F)ccc3F)n2C)c(F)c1. The third-order valence-electron chi connectivity index (χ3n) is 3.88. The van der Waals surface area contributed by atoms with E-state index in [0.717, 1.165) is 23.8 Å². The quantitative estimate of drug-likeness (QED) is 0.711. The summed E-state index contributed by atoms with van der Waals surface area (Å²) in [7, 11) is 1.67. The van der Waals surface area contributed by atoms with Crippen LogP contribution in [0, 0.1) is 24.4 Å². The molecule has 4 nitrogen and oxygen atoms in total. The summed E-state index contributed by atoms with van der Waals surface area (Å²) in [5.74, 6) is -2.13. The zero-order chi connectivity index (χ0) is 19.6. The van der Waals surface area contributed by atoms with Crippen molar-refractivity contribution in [2.75, 3.05) is 5.32 Å². The summed E-state index contributed by atoms with van der Waals surface area (Å²) in [6.45, 7) is 1.76. The lowest BCUT2D eigenvalue weighted by Crippen LogP contribution is -2.20. The van der Waals surface area contributed by atoms with E-state index in [1.54, 1.807) is 30.0 Å². The van der Waals surface area contributed by atoms with E-state index in [-0.39, 0.29) is 17.8 Å². The molecule has 0 saturated heterocycles. The number of thiazole rings is 1. The van der Waals surface area contributed by atoms with Crippen LogP contribution in [0.3, 0.4) is 0 Å². The largest absolute Gasteiger partial charge is 0.323 e. The number of nitrogens with zero attached hydrogens (tertiary/aromatic N) is 2. The number of anilines is 1. The van der Waals surface area contributed by atoms with Crippen molar-refractivity contribution in [1.82, 2.24) is 4.57 Å². The Morgan fingerprint density at radius 3 is 2.67 bits per heavy atom. The van der Waals surface area contributed by atoms with E-state index in [2.05, 4.69) is 10.3 Å². The van der Waals surface area contributed by atoms with E-state index in [1.165, 1.54) is 23.5 Å². The van der Waals surface area contributed by atoms with Crippen LogP contribution in [-0.2, 0) is 18.3 Å². The second-order valence-electron chi connectivity index (χ2n) is 5.98. The number of hydrogen-bond acceptors (Lipinski definition) is 3. The first kappa shape index (κ1) is 18.9. The van der Waals surface area contributed by atoms with Gasteiger partial charge in [0.05, 0.1) is 12.1 Å². The van der Waals surface area contributed by atoms with Crippen molar-refractivity contribution in [3.63, 3.8) is 0 Å². The molecule has 0 aliphatic heterocycles. The molecule has 0 saturated carbocycles. The van der Waals surface area contributed by atoms with Crippen LogP contribution in [0.2, 0.25) is 0 Å². The van der Waals surface area contributed by atoms with Crippen molar-refractivity contribution >= 4 is 28.6 Å². The Kier molecular flexibility index (Phi) is 5.46. The molecule has 0 bridgehead atoms. The number of carbonyl (C=O) groups excluding carboxylic acids is 1. The van der Waals surface area contributed by atoms with Crippen LogP contribution in [0.5, 0.6) is 0 Å². The predicted molar refractivity (Wildman–Crippen MR) is 98.3 cm³/mol. The van der Waals surface area contributed by atoms with Crippen LogP contribution in [0.1, 0.15) is 11.3 Å². The molecule has 3 rings (SSSR count). The van der Waals surface area contributed by atoms with E-state index in [0.29, 0.717) is 10.5 Å². The molecule has 0 fully saturated rings. The van der Waals surface area contributed by atoms with Gasteiger partial charge in [-0.15, -0.1) is 11.3 Å². The van der Waals surface area contributed by atoms with Gasteiger partial charge in [0.1, 0.15) is 23.1 Å². The smallest absolute Gasteiger partial charge is 0.230 e. The Hall–Kier alpha value is -2.87. The average Bonchev–Trinajstić information content (AvgIpc) is 2.94. The summed E-state index contributed by atoms with van der Waals surface area (Å²) in [5, 5.41) is 4.22. The number of rotatable bonds is 4. The maximum atomic E-state index is 13.8. The minimum Gasteiger partial charge on any atom is -0.323 e. The Balaban J connectivity index is 1.80. The molecular formula is C19H16F3N3OS. The van der Waals surface area contributed by atoms with Crippen molar-refractivity contribution < 1.29 is 18.0 Å². The number of nitrogens with one attached hydrogen (secondary N) is 1. The van der Waals surface area contributed by atoms with Crippen LogP contribution >= 0.6 is 11.3 Å². The molecule has 0 spiro atoms. The van der Waals surface area contributed by atoms with Gasteiger partial charge in [-0.2, -0.15) is 0 Å². The average molecular weight is 391 g/mol. The highest BCUT2D eigenvalue weighted by Crippen LogP contribution is 2.19. The molecular weight excluding hydrogens is 375 g/mol. The highest BCUT2D eigenvalue weighted by atomic mass is 32.1. The monoisotopic (exact) mass is 391 g/mol. The lowest BCUT2D eigenvalue weighted by molar-refractivity contribution is -0.115. The first-order valence-electron chi connectivity index (χ1n) is 8.02. The minimum atomic E-state index is -0.640. The molecule has 1 N–H and O–H groups in total.